The topological polar surface area (TPSA) is 23.6 Å². The number of benzene rings is 3. The van der Waals surface area contributed by atoms with Gasteiger partial charge in [-0.3, -0.25) is 9.69 Å². The Hall–Kier alpha value is -2.33. The number of likely N-dealkylation sites (tertiary alicyclic amines) is 1. The Morgan fingerprint density at radius 2 is 1.53 bits per heavy atom. The zero-order valence-corrected chi connectivity index (χ0v) is 19.6. The van der Waals surface area contributed by atoms with Crippen molar-refractivity contribution in [3.63, 3.8) is 0 Å². The molecule has 1 aliphatic rings. The second-order valence-corrected chi connectivity index (χ2v) is 9.32. The molecule has 0 spiro atoms. The highest BCUT2D eigenvalue weighted by molar-refractivity contribution is 6.35. The van der Waals surface area contributed by atoms with Crippen LogP contribution in [0, 0.1) is 5.92 Å². The molecule has 0 aliphatic carbocycles. The molecule has 3 aromatic carbocycles. The molecule has 0 bridgehead atoms. The van der Waals surface area contributed by atoms with Crippen molar-refractivity contribution in [3.8, 4) is 0 Å². The molecule has 3 nitrogen and oxygen atoms in total. The van der Waals surface area contributed by atoms with Crippen LogP contribution in [-0.2, 0) is 24.4 Å². The van der Waals surface area contributed by atoms with Crippen molar-refractivity contribution in [1.82, 2.24) is 9.80 Å². The van der Waals surface area contributed by atoms with Crippen molar-refractivity contribution in [2.24, 2.45) is 5.92 Å². The molecule has 1 amide bonds. The van der Waals surface area contributed by atoms with Crippen LogP contribution in [-0.4, -0.2) is 28.8 Å². The first-order valence-corrected chi connectivity index (χ1v) is 11.9. The lowest BCUT2D eigenvalue weighted by Gasteiger charge is -2.35. The maximum atomic E-state index is 13.7. The number of hydrogen-bond acceptors (Lipinski definition) is 2. The molecule has 1 aliphatic heterocycles. The highest BCUT2D eigenvalue weighted by Crippen LogP contribution is 2.26. The third kappa shape index (κ3) is 6.13. The Balaban J connectivity index is 1.47. The molecule has 3 aromatic rings. The van der Waals surface area contributed by atoms with Crippen LogP contribution in [0.5, 0.6) is 0 Å². The summed E-state index contributed by atoms with van der Waals surface area (Å²) >= 11 is 12.4. The van der Waals surface area contributed by atoms with Crippen LogP contribution >= 0.6 is 23.2 Å². The summed E-state index contributed by atoms with van der Waals surface area (Å²) in [5.41, 5.74) is 3.35. The van der Waals surface area contributed by atoms with E-state index in [1.54, 1.807) is 6.07 Å². The van der Waals surface area contributed by atoms with E-state index in [0.717, 1.165) is 49.2 Å². The second kappa shape index (κ2) is 11.0. The molecule has 1 heterocycles. The van der Waals surface area contributed by atoms with Crippen molar-refractivity contribution in [2.75, 3.05) is 13.1 Å². The Labute approximate surface area is 200 Å². The summed E-state index contributed by atoms with van der Waals surface area (Å²) in [7, 11) is 0. The molecule has 1 atom stereocenters. The lowest BCUT2D eigenvalue weighted by atomic mass is 9.95. The van der Waals surface area contributed by atoms with Gasteiger partial charge in [-0.25, -0.2) is 0 Å². The number of halogens is 2. The summed E-state index contributed by atoms with van der Waals surface area (Å²) in [5.74, 6) is 0.215. The highest BCUT2D eigenvalue weighted by Gasteiger charge is 2.29. The number of amides is 1. The molecule has 0 radical (unpaired) electrons. The molecule has 0 saturated carbocycles. The van der Waals surface area contributed by atoms with Gasteiger partial charge >= 0.3 is 0 Å². The van der Waals surface area contributed by atoms with Gasteiger partial charge in [0, 0.05) is 36.2 Å². The minimum atomic E-state index is -0.0118. The number of rotatable bonds is 7. The van der Waals surface area contributed by atoms with Gasteiger partial charge in [-0.1, -0.05) is 89.9 Å². The van der Waals surface area contributed by atoms with E-state index < -0.39 is 0 Å². The van der Waals surface area contributed by atoms with Crippen molar-refractivity contribution < 1.29 is 4.79 Å². The summed E-state index contributed by atoms with van der Waals surface area (Å²) in [5, 5.41) is 1.32. The van der Waals surface area contributed by atoms with E-state index in [1.165, 1.54) is 0 Å². The molecule has 1 saturated heterocycles. The van der Waals surface area contributed by atoms with Gasteiger partial charge in [-0.05, 0) is 48.2 Å². The molecule has 0 unspecified atom stereocenters. The Morgan fingerprint density at radius 3 is 2.12 bits per heavy atom. The summed E-state index contributed by atoms with van der Waals surface area (Å²) in [6, 6.07) is 26.1. The van der Waals surface area contributed by atoms with Crippen LogP contribution in [0.3, 0.4) is 0 Å². The fourth-order valence-electron chi connectivity index (χ4n) is 4.37. The molecule has 0 N–H and O–H groups in total. The average molecular weight is 467 g/mol. The standard InChI is InChI=1S/C27H28Cl2N2O/c28-25-14-13-23(26(29)16-25)19-30-15-7-12-24(20-30)27(32)31(17-21-8-3-1-4-9-21)18-22-10-5-2-6-11-22/h1-6,8-11,13-14,16,24H,7,12,15,17-20H2/t24-/m1/s1. The number of carbonyl (C=O) groups is 1. The first-order chi connectivity index (χ1) is 15.6. The van der Waals surface area contributed by atoms with E-state index in [0.29, 0.717) is 23.1 Å². The predicted molar refractivity (Wildman–Crippen MR) is 132 cm³/mol. The van der Waals surface area contributed by atoms with Gasteiger partial charge in [0.15, 0.2) is 0 Å². The van der Waals surface area contributed by atoms with Gasteiger partial charge in [-0.2, -0.15) is 0 Å². The van der Waals surface area contributed by atoms with Gasteiger partial charge in [0.1, 0.15) is 0 Å². The van der Waals surface area contributed by atoms with Gasteiger partial charge < -0.3 is 4.90 Å². The van der Waals surface area contributed by atoms with Gasteiger partial charge in [0.05, 0.1) is 5.92 Å². The average Bonchev–Trinajstić information content (AvgIpc) is 2.82. The third-order valence-electron chi connectivity index (χ3n) is 6.01. The number of hydrogen-bond donors (Lipinski definition) is 0. The van der Waals surface area contributed by atoms with Crippen LogP contribution in [0.1, 0.15) is 29.5 Å². The highest BCUT2D eigenvalue weighted by atomic mass is 35.5. The van der Waals surface area contributed by atoms with Crippen LogP contribution < -0.4 is 0 Å². The number of piperidine rings is 1. The molecule has 4 rings (SSSR count). The molecule has 1 fully saturated rings. The molecule has 166 valence electrons. The minimum absolute atomic E-state index is 0.0118. The molecule has 32 heavy (non-hydrogen) atoms. The summed E-state index contributed by atoms with van der Waals surface area (Å²) in [6.07, 6.45) is 1.93. The molecular weight excluding hydrogens is 439 g/mol. The van der Waals surface area contributed by atoms with E-state index in [4.69, 9.17) is 23.2 Å². The smallest absolute Gasteiger partial charge is 0.227 e. The van der Waals surface area contributed by atoms with Crippen molar-refractivity contribution >= 4 is 29.1 Å². The van der Waals surface area contributed by atoms with E-state index in [-0.39, 0.29) is 11.8 Å². The van der Waals surface area contributed by atoms with Crippen LogP contribution in [0.4, 0.5) is 0 Å². The van der Waals surface area contributed by atoms with E-state index in [1.807, 2.05) is 53.4 Å². The van der Waals surface area contributed by atoms with Crippen molar-refractivity contribution in [3.05, 3.63) is 106 Å². The fourth-order valence-corrected chi connectivity index (χ4v) is 4.84. The number of carbonyl (C=O) groups excluding carboxylic acids is 1. The summed E-state index contributed by atoms with van der Waals surface area (Å²) in [6.45, 7) is 3.69. The SMILES string of the molecule is O=C([C@@H]1CCCN(Cc2ccc(Cl)cc2Cl)C1)N(Cc1ccccc1)Cc1ccccc1. The largest absolute Gasteiger partial charge is 0.334 e. The molecule has 5 heteroatoms. The monoisotopic (exact) mass is 466 g/mol. The van der Waals surface area contributed by atoms with E-state index >= 15 is 0 Å². The van der Waals surface area contributed by atoms with Gasteiger partial charge in [0.25, 0.3) is 0 Å². The Morgan fingerprint density at radius 1 is 0.906 bits per heavy atom. The first-order valence-electron chi connectivity index (χ1n) is 11.1. The van der Waals surface area contributed by atoms with Crippen LogP contribution in [0.2, 0.25) is 10.0 Å². The predicted octanol–water partition coefficient (Wildman–Crippen LogP) is 6.43. The minimum Gasteiger partial charge on any atom is -0.334 e. The maximum Gasteiger partial charge on any atom is 0.227 e. The molecule has 0 aromatic heterocycles. The second-order valence-electron chi connectivity index (χ2n) is 8.48. The van der Waals surface area contributed by atoms with E-state index in [2.05, 4.69) is 29.2 Å². The Bertz CT molecular complexity index is 985. The lowest BCUT2D eigenvalue weighted by Crippen LogP contribution is -2.44. The zero-order valence-electron chi connectivity index (χ0n) is 18.1. The third-order valence-corrected chi connectivity index (χ3v) is 6.59. The number of nitrogens with zero attached hydrogens (tertiary/aromatic N) is 2. The van der Waals surface area contributed by atoms with Crippen molar-refractivity contribution in [1.29, 1.82) is 0 Å². The maximum absolute atomic E-state index is 13.7. The van der Waals surface area contributed by atoms with Crippen LogP contribution in [0.15, 0.2) is 78.9 Å². The summed E-state index contributed by atoms with van der Waals surface area (Å²) < 4.78 is 0. The van der Waals surface area contributed by atoms with Crippen molar-refractivity contribution in [2.45, 2.75) is 32.5 Å². The normalized spacial score (nSPS) is 16.6. The molecular formula is C27H28Cl2N2O. The lowest BCUT2D eigenvalue weighted by molar-refractivity contribution is -0.138. The Kier molecular flexibility index (Phi) is 7.85. The zero-order chi connectivity index (χ0) is 22.3. The van der Waals surface area contributed by atoms with Gasteiger partial charge in [0.2, 0.25) is 5.91 Å². The quantitative estimate of drug-likeness (QED) is 0.400. The van der Waals surface area contributed by atoms with Gasteiger partial charge in [-0.15, -0.1) is 0 Å². The van der Waals surface area contributed by atoms with Crippen LogP contribution in [0.25, 0.3) is 0 Å². The first kappa shape index (κ1) is 22.8. The fraction of sp³-hybridized carbons (Fsp3) is 0.296. The summed E-state index contributed by atoms with van der Waals surface area (Å²) in [4.78, 5) is 18.0. The van der Waals surface area contributed by atoms with E-state index in [9.17, 15) is 4.79 Å².